The van der Waals surface area contributed by atoms with Gasteiger partial charge in [0.1, 0.15) is 5.82 Å². The van der Waals surface area contributed by atoms with E-state index in [1.807, 2.05) is 0 Å². The van der Waals surface area contributed by atoms with Gasteiger partial charge in [-0.1, -0.05) is 55.8 Å². The Labute approximate surface area is 175 Å². The van der Waals surface area contributed by atoms with Gasteiger partial charge in [-0.3, -0.25) is 0 Å². The lowest BCUT2D eigenvalue weighted by atomic mass is 9.98. The average molecular weight is 432 g/mol. The van der Waals surface area contributed by atoms with E-state index in [4.69, 9.17) is 27.6 Å². The van der Waals surface area contributed by atoms with Crippen molar-refractivity contribution in [1.82, 2.24) is 5.32 Å². The maximum atomic E-state index is 13.6. The highest BCUT2D eigenvalue weighted by Crippen LogP contribution is 2.37. The molecule has 1 aromatic carbocycles. The normalized spacial score (nSPS) is 13.2. The summed E-state index contributed by atoms with van der Waals surface area (Å²) in [5.74, 6) is 5.90. The predicted octanol–water partition coefficient (Wildman–Crippen LogP) is 6.83. The highest BCUT2D eigenvalue weighted by Gasteiger charge is 2.34. The molecule has 0 bridgehead atoms. The molecule has 0 aliphatic heterocycles. The fourth-order valence-corrected chi connectivity index (χ4v) is 6.45. The van der Waals surface area contributed by atoms with E-state index in [2.05, 4.69) is 58.7 Å². The molecule has 0 heterocycles. The van der Waals surface area contributed by atoms with Crippen molar-refractivity contribution in [2.75, 3.05) is 13.1 Å². The molecule has 6 heteroatoms. The maximum Gasteiger partial charge on any atom is 0.192 e. The van der Waals surface area contributed by atoms with E-state index < -0.39 is 14.1 Å². The van der Waals surface area contributed by atoms with Crippen LogP contribution in [0.15, 0.2) is 12.1 Å². The van der Waals surface area contributed by atoms with Crippen LogP contribution < -0.4 is 5.32 Å². The first-order valence-electron chi connectivity index (χ1n) is 9.60. The maximum absolute atomic E-state index is 13.6. The average Bonchev–Trinajstić information content (AvgIpc) is 2.57. The van der Waals surface area contributed by atoms with Crippen LogP contribution in [0.4, 0.5) is 4.39 Å². The topological polar surface area (TPSA) is 21.3 Å². The van der Waals surface area contributed by atoms with E-state index in [-0.39, 0.29) is 11.5 Å². The smallest absolute Gasteiger partial charge is 0.192 e. The van der Waals surface area contributed by atoms with Gasteiger partial charge >= 0.3 is 0 Å². The molecule has 1 N–H and O–H groups in total. The number of hydrogen-bond acceptors (Lipinski definition) is 2. The van der Waals surface area contributed by atoms with Crippen LogP contribution in [0.2, 0.25) is 28.2 Å². The van der Waals surface area contributed by atoms with Gasteiger partial charge in [-0.05, 0) is 51.0 Å². The lowest BCUT2D eigenvalue weighted by Crippen LogP contribution is -2.40. The number of benzene rings is 1. The van der Waals surface area contributed by atoms with Crippen LogP contribution in [0.25, 0.3) is 0 Å². The second-order valence-electron chi connectivity index (χ2n) is 7.82. The molecule has 0 aromatic heterocycles. The zero-order valence-electron chi connectivity index (χ0n) is 17.3. The summed E-state index contributed by atoms with van der Waals surface area (Å²) in [7, 11) is -1.91. The van der Waals surface area contributed by atoms with Gasteiger partial charge in [-0.25, -0.2) is 4.39 Å². The van der Waals surface area contributed by atoms with E-state index in [9.17, 15) is 4.39 Å². The van der Waals surface area contributed by atoms with Gasteiger partial charge in [0.2, 0.25) is 0 Å². The molecule has 1 atom stereocenters. The molecule has 0 fully saturated rings. The Morgan fingerprint density at radius 3 is 2.07 bits per heavy atom. The molecule has 1 unspecified atom stereocenters. The van der Waals surface area contributed by atoms with Gasteiger partial charge in [-0.15, -0.1) is 0 Å². The molecule has 0 aliphatic rings. The molecule has 0 radical (unpaired) electrons. The van der Waals surface area contributed by atoms with E-state index in [1.165, 1.54) is 12.1 Å². The Morgan fingerprint density at radius 1 is 1.11 bits per heavy atom. The Balaban J connectivity index is 3.08. The van der Waals surface area contributed by atoms with E-state index in [0.717, 1.165) is 18.1 Å². The third-order valence-electron chi connectivity index (χ3n) is 4.70. The minimum absolute atomic E-state index is 0.0319. The molecule has 0 saturated carbocycles. The van der Waals surface area contributed by atoms with Crippen LogP contribution in [0.5, 0.6) is 0 Å². The number of hydrogen-bond donors (Lipinski definition) is 1. The quantitative estimate of drug-likeness (QED) is 0.262. The van der Waals surface area contributed by atoms with Crippen LogP contribution in [0, 0.1) is 23.1 Å². The van der Waals surface area contributed by atoms with Crippen molar-refractivity contribution in [3.05, 3.63) is 33.6 Å². The summed E-state index contributed by atoms with van der Waals surface area (Å²) in [6.07, 6.45) is -0.325. The van der Waals surface area contributed by atoms with E-state index >= 15 is 0 Å². The zero-order valence-corrected chi connectivity index (χ0v) is 19.8. The van der Waals surface area contributed by atoms with Crippen LogP contribution in [0.3, 0.4) is 0 Å². The zero-order chi connectivity index (χ0) is 20.7. The molecule has 0 aliphatic carbocycles. The summed E-state index contributed by atoms with van der Waals surface area (Å²) < 4.78 is 20.3. The summed E-state index contributed by atoms with van der Waals surface area (Å²) in [6.45, 7) is 13.8. The Kier molecular flexibility index (Phi) is 9.81. The third-order valence-corrected chi connectivity index (χ3v) is 9.97. The highest BCUT2D eigenvalue weighted by molar-refractivity contribution is 6.73. The first kappa shape index (κ1) is 24.5. The van der Waals surface area contributed by atoms with Gasteiger partial charge in [0.25, 0.3) is 0 Å². The molecule has 1 rings (SSSR count). The van der Waals surface area contributed by atoms with Crippen molar-refractivity contribution in [2.24, 2.45) is 5.41 Å². The lowest BCUT2D eigenvalue weighted by molar-refractivity contribution is 0.188. The van der Waals surface area contributed by atoms with Crippen molar-refractivity contribution < 1.29 is 8.82 Å². The molecule has 2 nitrogen and oxygen atoms in total. The Morgan fingerprint density at radius 2 is 1.63 bits per heavy atom. The third kappa shape index (κ3) is 7.75. The fourth-order valence-electron chi connectivity index (χ4n) is 2.94. The Hall–Kier alpha value is -0.573. The van der Waals surface area contributed by atoms with Crippen LogP contribution in [-0.2, 0) is 4.43 Å². The molecule has 152 valence electrons. The van der Waals surface area contributed by atoms with Gasteiger partial charge in [-0.2, -0.15) is 0 Å². The first-order chi connectivity index (χ1) is 12.6. The molecule has 0 spiro atoms. The summed E-state index contributed by atoms with van der Waals surface area (Å²) in [4.78, 5) is 0. The minimum atomic E-state index is -1.91. The SMILES string of the molecule is CC[Si](CC)(CC)OC(CNCC#CC(C)(C)C)c1c(Cl)cc(F)cc1Cl. The minimum Gasteiger partial charge on any atom is -0.409 e. The summed E-state index contributed by atoms with van der Waals surface area (Å²) in [6, 6.07) is 5.63. The van der Waals surface area contributed by atoms with Crippen molar-refractivity contribution in [1.29, 1.82) is 0 Å². The van der Waals surface area contributed by atoms with Crippen molar-refractivity contribution >= 4 is 31.5 Å². The summed E-state index contributed by atoms with van der Waals surface area (Å²) in [5, 5.41) is 3.94. The fraction of sp³-hybridized carbons (Fsp3) is 0.619. The van der Waals surface area contributed by atoms with Gasteiger partial charge < -0.3 is 9.74 Å². The van der Waals surface area contributed by atoms with Crippen LogP contribution >= 0.6 is 23.2 Å². The van der Waals surface area contributed by atoms with Crippen molar-refractivity contribution in [2.45, 2.75) is 65.8 Å². The number of nitrogens with one attached hydrogen (secondary N) is 1. The van der Waals surface area contributed by atoms with Gasteiger partial charge in [0.05, 0.1) is 22.7 Å². The molecular weight excluding hydrogens is 400 g/mol. The van der Waals surface area contributed by atoms with Crippen LogP contribution in [-0.4, -0.2) is 21.4 Å². The largest absolute Gasteiger partial charge is 0.409 e. The van der Waals surface area contributed by atoms with Crippen molar-refractivity contribution in [3.8, 4) is 11.8 Å². The van der Waals surface area contributed by atoms with Crippen molar-refractivity contribution in [3.63, 3.8) is 0 Å². The number of rotatable bonds is 9. The van der Waals surface area contributed by atoms with E-state index in [1.54, 1.807) is 0 Å². The second-order valence-corrected chi connectivity index (χ2v) is 13.4. The standard InChI is InChI=1S/C21H32Cl2FNOSi/c1-7-27(8-2,9-3)26-19(15-25-12-10-11-21(4,5)6)20-17(22)13-16(24)14-18(20)23/h13-14,19,25H,7-9,12,15H2,1-6H3. The monoisotopic (exact) mass is 431 g/mol. The molecule has 27 heavy (non-hydrogen) atoms. The molecule has 0 amide bonds. The summed E-state index contributed by atoms with van der Waals surface area (Å²) >= 11 is 12.7. The highest BCUT2D eigenvalue weighted by atomic mass is 35.5. The second kappa shape index (κ2) is 10.8. The predicted molar refractivity (Wildman–Crippen MR) is 118 cm³/mol. The molecule has 1 aromatic rings. The van der Waals surface area contributed by atoms with Crippen LogP contribution in [0.1, 0.15) is 53.2 Å². The van der Waals surface area contributed by atoms with Gasteiger partial charge in [0.15, 0.2) is 8.32 Å². The molecular formula is C21H32Cl2FNOSi. The van der Waals surface area contributed by atoms with Gasteiger partial charge in [0, 0.05) is 17.5 Å². The number of halogens is 3. The van der Waals surface area contributed by atoms with E-state index in [0.29, 0.717) is 28.7 Å². The Bertz CT molecular complexity index is 644. The molecule has 0 saturated heterocycles. The first-order valence-corrected chi connectivity index (χ1v) is 12.9. The summed E-state index contributed by atoms with van der Waals surface area (Å²) in [5.41, 5.74) is 0.624. The lowest BCUT2D eigenvalue weighted by Gasteiger charge is -2.34.